The summed E-state index contributed by atoms with van der Waals surface area (Å²) in [6.07, 6.45) is 0. The third kappa shape index (κ3) is 7.96. The summed E-state index contributed by atoms with van der Waals surface area (Å²) in [4.78, 5) is 0.00446. The van der Waals surface area contributed by atoms with Gasteiger partial charge in [0.05, 0.1) is 60.3 Å². The highest BCUT2D eigenvalue weighted by Crippen LogP contribution is 2.47. The van der Waals surface area contributed by atoms with Gasteiger partial charge < -0.3 is 30.1 Å². The Morgan fingerprint density at radius 3 is 1.70 bits per heavy atom. The summed E-state index contributed by atoms with van der Waals surface area (Å²) in [6, 6.07) is 12.8. The second kappa shape index (κ2) is 15.3. The Morgan fingerprint density at radius 1 is 0.723 bits per heavy atom. The van der Waals surface area contributed by atoms with Crippen molar-refractivity contribution in [1.82, 2.24) is 0 Å². The number of sulfone groups is 2. The molecule has 4 rings (SSSR count). The standard InChI is InChI=1S/C29H31N5O9S4/c1-42-24-7-3-17(46(38,39)11-9-35)13-22(24)31-33-27-20-15-26(45)28(29(37)19(20)5-6-21(27)30-16-44)34-32-23-14-18(4-8-25(23)43-2)47(40,41)12-10-36/h3-8,13-15,30,35-37,44-45H,9-12,16H2,1-2H3. The van der Waals surface area contributed by atoms with Crippen molar-refractivity contribution < 1.29 is 41.6 Å². The Bertz CT molecular complexity index is 2070. The number of benzene rings is 4. The molecule has 0 saturated heterocycles. The molecular weight excluding hydrogens is 691 g/mol. The van der Waals surface area contributed by atoms with Crippen LogP contribution in [0.25, 0.3) is 10.8 Å². The van der Waals surface area contributed by atoms with Crippen molar-refractivity contribution in [2.45, 2.75) is 14.7 Å². The molecule has 4 N–H and O–H groups in total. The average molecular weight is 722 g/mol. The van der Waals surface area contributed by atoms with Crippen LogP contribution in [0.15, 0.2) is 89.7 Å². The van der Waals surface area contributed by atoms with Crippen LogP contribution in [0.2, 0.25) is 0 Å². The largest absolute Gasteiger partial charge is 0.505 e. The topological polar surface area (TPSA) is 209 Å². The summed E-state index contributed by atoms with van der Waals surface area (Å²) in [5, 5.41) is 50.3. The summed E-state index contributed by atoms with van der Waals surface area (Å²) < 4.78 is 60.7. The minimum absolute atomic E-state index is 0.0345. The Morgan fingerprint density at radius 2 is 1.23 bits per heavy atom. The number of hydrogen-bond acceptors (Lipinski definition) is 16. The van der Waals surface area contributed by atoms with E-state index in [1.54, 1.807) is 18.2 Å². The summed E-state index contributed by atoms with van der Waals surface area (Å²) in [7, 11) is -4.82. The lowest BCUT2D eigenvalue weighted by molar-refractivity contribution is 0.319. The highest BCUT2D eigenvalue weighted by Gasteiger charge is 2.20. The monoisotopic (exact) mass is 721 g/mol. The molecule has 0 unspecified atom stereocenters. The first kappa shape index (κ1) is 35.9. The number of aliphatic hydroxyl groups excluding tert-OH is 2. The van der Waals surface area contributed by atoms with E-state index >= 15 is 0 Å². The van der Waals surface area contributed by atoms with Gasteiger partial charge in [0.15, 0.2) is 25.4 Å². The van der Waals surface area contributed by atoms with Crippen LogP contribution in [0, 0.1) is 0 Å². The predicted octanol–water partition coefficient (Wildman–Crippen LogP) is 5.51. The molecule has 0 atom stereocenters. The smallest absolute Gasteiger partial charge is 0.180 e. The second-order valence-corrected chi connectivity index (χ2v) is 14.7. The first-order chi connectivity index (χ1) is 22.4. The Hall–Kier alpha value is -3.94. The first-order valence-corrected chi connectivity index (χ1v) is 18.0. The quantitative estimate of drug-likeness (QED) is 0.0546. The molecule has 0 saturated carbocycles. The molecule has 0 aliphatic rings. The number of aliphatic hydroxyl groups is 2. The van der Waals surface area contributed by atoms with Gasteiger partial charge in [-0.3, -0.25) is 0 Å². The van der Waals surface area contributed by atoms with Crippen molar-refractivity contribution in [2.75, 3.05) is 50.1 Å². The van der Waals surface area contributed by atoms with E-state index in [0.29, 0.717) is 11.1 Å². The number of methoxy groups -OCH3 is 2. The van der Waals surface area contributed by atoms with Crippen molar-refractivity contribution in [2.24, 2.45) is 20.5 Å². The highest BCUT2D eigenvalue weighted by atomic mass is 32.2. The van der Waals surface area contributed by atoms with Crippen molar-refractivity contribution in [3.05, 3.63) is 54.6 Å². The molecule has 4 aromatic carbocycles. The van der Waals surface area contributed by atoms with Gasteiger partial charge in [-0.25, -0.2) is 16.8 Å². The van der Waals surface area contributed by atoms with Crippen LogP contribution in [0.3, 0.4) is 0 Å². The maximum Gasteiger partial charge on any atom is 0.180 e. The molecule has 14 nitrogen and oxygen atoms in total. The predicted molar refractivity (Wildman–Crippen MR) is 183 cm³/mol. The van der Waals surface area contributed by atoms with Crippen molar-refractivity contribution >= 4 is 84.1 Å². The number of fused-ring (bicyclic) bond motifs is 1. The number of nitrogens with zero attached hydrogens (tertiary/aromatic N) is 4. The van der Waals surface area contributed by atoms with E-state index in [4.69, 9.17) is 14.6 Å². The van der Waals surface area contributed by atoms with Crippen molar-refractivity contribution in [3.63, 3.8) is 0 Å². The number of phenolic OH excluding ortho intramolecular Hbond substituents is 1. The van der Waals surface area contributed by atoms with Crippen molar-refractivity contribution in [1.29, 1.82) is 0 Å². The molecule has 0 bridgehead atoms. The van der Waals surface area contributed by atoms with E-state index in [1.165, 1.54) is 50.6 Å². The van der Waals surface area contributed by atoms with Gasteiger partial charge >= 0.3 is 0 Å². The molecule has 0 amide bonds. The van der Waals surface area contributed by atoms with Crippen LogP contribution in [0.1, 0.15) is 0 Å². The molecule has 47 heavy (non-hydrogen) atoms. The van der Waals surface area contributed by atoms with E-state index in [-0.39, 0.29) is 65.9 Å². The normalized spacial score (nSPS) is 12.3. The number of rotatable bonds is 14. The van der Waals surface area contributed by atoms with E-state index in [9.17, 15) is 27.0 Å². The number of azo groups is 2. The van der Waals surface area contributed by atoms with Gasteiger partial charge in [-0.2, -0.15) is 12.6 Å². The zero-order valence-electron chi connectivity index (χ0n) is 25.0. The highest BCUT2D eigenvalue weighted by molar-refractivity contribution is 7.91. The molecule has 0 fully saturated rings. The first-order valence-electron chi connectivity index (χ1n) is 13.6. The number of anilines is 1. The zero-order valence-corrected chi connectivity index (χ0v) is 28.4. The van der Waals surface area contributed by atoms with E-state index < -0.39 is 44.4 Å². The van der Waals surface area contributed by atoms with Crippen LogP contribution in [0.5, 0.6) is 17.2 Å². The lowest BCUT2D eigenvalue weighted by Crippen LogP contribution is -2.09. The minimum atomic E-state index is -3.79. The molecule has 0 radical (unpaired) electrons. The van der Waals surface area contributed by atoms with Gasteiger partial charge in [0, 0.05) is 15.7 Å². The zero-order chi connectivity index (χ0) is 34.4. The maximum absolute atomic E-state index is 12.6. The Kier molecular flexibility index (Phi) is 11.7. The minimum Gasteiger partial charge on any atom is -0.505 e. The Labute approximate surface area is 281 Å². The molecule has 250 valence electrons. The van der Waals surface area contributed by atoms with Crippen molar-refractivity contribution in [3.8, 4) is 17.2 Å². The van der Waals surface area contributed by atoms with Gasteiger partial charge in [-0.15, -0.1) is 33.1 Å². The van der Waals surface area contributed by atoms with E-state index in [0.717, 1.165) is 0 Å². The SMILES string of the molecule is COc1ccc(S(=O)(=O)CCO)cc1N=Nc1c(S)cc2c(N=Nc3cc(S(=O)(=O)CCO)ccc3OC)c(NCS)ccc2c1O. The maximum atomic E-state index is 12.6. The summed E-state index contributed by atoms with van der Waals surface area (Å²) >= 11 is 8.75. The van der Waals surface area contributed by atoms with E-state index in [1.807, 2.05) is 0 Å². The number of phenols is 1. The lowest BCUT2D eigenvalue weighted by atomic mass is 10.1. The summed E-state index contributed by atoms with van der Waals surface area (Å²) in [6.45, 7) is -1.11. The molecule has 18 heteroatoms. The molecule has 4 aromatic rings. The van der Waals surface area contributed by atoms with Gasteiger partial charge in [-0.1, -0.05) is 0 Å². The number of hydrogen-bond donors (Lipinski definition) is 6. The lowest BCUT2D eigenvalue weighted by Gasteiger charge is -2.13. The van der Waals surface area contributed by atoms with Crippen LogP contribution in [0.4, 0.5) is 28.4 Å². The van der Waals surface area contributed by atoms with Crippen LogP contribution in [-0.4, -0.2) is 77.0 Å². The van der Waals surface area contributed by atoms with Gasteiger partial charge in [-0.05, 0) is 54.6 Å². The average Bonchev–Trinajstić information content (AvgIpc) is 3.04. The third-order valence-electron chi connectivity index (χ3n) is 6.74. The van der Waals surface area contributed by atoms with Crippen LogP contribution < -0.4 is 14.8 Å². The second-order valence-electron chi connectivity index (χ2n) is 9.64. The summed E-state index contributed by atoms with van der Waals surface area (Å²) in [5.74, 6) is -0.598. The number of aromatic hydroxyl groups is 1. The molecule has 0 aliphatic carbocycles. The fourth-order valence-corrected chi connectivity index (χ4v) is 6.95. The molecular formula is C29H31N5O9S4. The van der Waals surface area contributed by atoms with Crippen LogP contribution in [-0.2, 0) is 19.7 Å². The van der Waals surface area contributed by atoms with Gasteiger partial charge in [0.25, 0.3) is 0 Å². The number of ether oxygens (including phenoxy) is 2. The Balaban J connectivity index is 1.84. The number of nitrogens with one attached hydrogen (secondary N) is 1. The van der Waals surface area contributed by atoms with Gasteiger partial charge in [0.2, 0.25) is 0 Å². The molecule has 0 spiro atoms. The summed E-state index contributed by atoms with van der Waals surface area (Å²) in [5.41, 5.74) is 0.843. The van der Waals surface area contributed by atoms with Gasteiger partial charge in [0.1, 0.15) is 34.2 Å². The van der Waals surface area contributed by atoms with Crippen LogP contribution >= 0.6 is 25.3 Å². The number of thiol groups is 2. The third-order valence-corrected chi connectivity index (χ3v) is 10.6. The fourth-order valence-electron chi connectivity index (χ4n) is 4.42. The molecule has 0 aliphatic heterocycles. The fraction of sp³-hybridized carbons (Fsp3) is 0.241. The molecule has 0 aromatic heterocycles. The van der Waals surface area contributed by atoms with E-state index in [2.05, 4.69) is 51.0 Å². The molecule has 0 heterocycles.